The van der Waals surface area contributed by atoms with E-state index in [0.29, 0.717) is 11.2 Å². The fraction of sp³-hybridized carbons (Fsp3) is 0.471. The maximum Gasteiger partial charge on any atom is 0.226 e. The summed E-state index contributed by atoms with van der Waals surface area (Å²) >= 11 is 7.49. The third-order valence-corrected chi connectivity index (χ3v) is 7.84. The van der Waals surface area contributed by atoms with E-state index in [1.54, 1.807) is 24.3 Å². The first-order valence-electron chi connectivity index (χ1n) is 8.10. The van der Waals surface area contributed by atoms with Crippen LogP contribution in [0.3, 0.4) is 0 Å². The Morgan fingerprint density at radius 2 is 1.79 bits per heavy atom. The van der Waals surface area contributed by atoms with E-state index in [1.807, 2.05) is 14.0 Å². The highest BCUT2D eigenvalue weighted by Gasteiger charge is 2.28. The van der Waals surface area contributed by atoms with E-state index in [1.165, 1.54) is 30.6 Å². The van der Waals surface area contributed by atoms with Crippen molar-refractivity contribution in [3.8, 4) is 0 Å². The number of sulfone groups is 1. The van der Waals surface area contributed by atoms with E-state index in [2.05, 4.69) is 9.88 Å². The largest absolute Gasteiger partial charge is 0.348 e. The number of hydrogen-bond donors (Lipinski definition) is 0. The summed E-state index contributed by atoms with van der Waals surface area (Å²) in [4.78, 5) is 6.70. The van der Waals surface area contributed by atoms with Gasteiger partial charge in [-0.1, -0.05) is 59.9 Å². The van der Waals surface area contributed by atoms with Gasteiger partial charge in [-0.05, 0) is 31.9 Å². The third kappa shape index (κ3) is 3.46. The summed E-state index contributed by atoms with van der Waals surface area (Å²) in [5, 5.41) is 0.647. The molecule has 0 amide bonds. The summed E-state index contributed by atoms with van der Waals surface area (Å²) in [5.41, 5.74) is 1.01. The van der Waals surface area contributed by atoms with Crippen molar-refractivity contribution < 1.29 is 8.42 Å². The second kappa shape index (κ2) is 7.02. The van der Waals surface area contributed by atoms with E-state index >= 15 is 0 Å². The van der Waals surface area contributed by atoms with Gasteiger partial charge < -0.3 is 4.90 Å². The Labute approximate surface area is 152 Å². The molecule has 1 aromatic carbocycles. The number of anilines is 1. The van der Waals surface area contributed by atoms with Crippen LogP contribution in [0.2, 0.25) is 4.34 Å². The summed E-state index contributed by atoms with van der Waals surface area (Å²) in [6.07, 6.45) is 5.93. The summed E-state index contributed by atoms with van der Waals surface area (Å²) in [7, 11) is -1.71. The average molecular weight is 385 g/mol. The van der Waals surface area contributed by atoms with Crippen LogP contribution in [-0.4, -0.2) is 26.5 Å². The molecule has 0 aliphatic heterocycles. The normalized spacial score (nSPS) is 16.3. The van der Waals surface area contributed by atoms with Crippen LogP contribution in [0.4, 0.5) is 5.13 Å². The molecule has 24 heavy (non-hydrogen) atoms. The van der Waals surface area contributed by atoms with Crippen LogP contribution in [0, 0.1) is 6.92 Å². The van der Waals surface area contributed by atoms with Crippen LogP contribution < -0.4 is 4.90 Å². The Hall–Kier alpha value is -1.11. The van der Waals surface area contributed by atoms with Crippen molar-refractivity contribution in [1.29, 1.82) is 0 Å². The minimum atomic E-state index is -3.69. The van der Waals surface area contributed by atoms with E-state index in [9.17, 15) is 8.42 Å². The molecule has 1 aliphatic carbocycles. The summed E-state index contributed by atoms with van der Waals surface area (Å²) in [6, 6.07) is 7.18. The number of aryl methyl sites for hydroxylation is 1. The van der Waals surface area contributed by atoms with Crippen LogP contribution >= 0.6 is 22.9 Å². The maximum atomic E-state index is 12.8. The monoisotopic (exact) mass is 384 g/mol. The van der Waals surface area contributed by atoms with Gasteiger partial charge in [-0.3, -0.25) is 0 Å². The SMILES string of the molecule is Cc1ccc(S(=O)(=O)c2nc(N(C)C3CCCCC3)sc2Cl)cc1. The topological polar surface area (TPSA) is 50.3 Å². The van der Waals surface area contributed by atoms with Crippen LogP contribution in [-0.2, 0) is 9.84 Å². The minimum Gasteiger partial charge on any atom is -0.348 e. The molecule has 0 N–H and O–H groups in total. The second-order valence-electron chi connectivity index (χ2n) is 6.29. The fourth-order valence-corrected chi connectivity index (χ4v) is 5.97. The molecule has 0 radical (unpaired) electrons. The zero-order chi connectivity index (χ0) is 17.3. The number of benzene rings is 1. The first-order chi connectivity index (χ1) is 11.4. The van der Waals surface area contributed by atoms with Crippen LogP contribution in [0.1, 0.15) is 37.7 Å². The highest BCUT2D eigenvalue weighted by molar-refractivity contribution is 7.91. The number of hydrogen-bond acceptors (Lipinski definition) is 5. The number of halogens is 1. The van der Waals surface area contributed by atoms with E-state index in [-0.39, 0.29) is 14.3 Å². The lowest BCUT2D eigenvalue weighted by Gasteiger charge is -2.30. The first kappa shape index (κ1) is 17.7. The van der Waals surface area contributed by atoms with Gasteiger partial charge in [-0.2, -0.15) is 0 Å². The number of thiazole rings is 1. The molecule has 4 nitrogen and oxygen atoms in total. The molecular weight excluding hydrogens is 364 g/mol. The van der Waals surface area contributed by atoms with Crippen molar-refractivity contribution >= 4 is 37.9 Å². The Bertz CT molecular complexity index is 810. The molecule has 1 fully saturated rings. The minimum absolute atomic E-state index is 0.0318. The molecule has 1 aromatic heterocycles. The van der Waals surface area contributed by atoms with Crippen molar-refractivity contribution in [2.24, 2.45) is 0 Å². The molecule has 0 bridgehead atoms. The lowest BCUT2D eigenvalue weighted by atomic mass is 9.95. The van der Waals surface area contributed by atoms with Gasteiger partial charge in [0.05, 0.1) is 4.90 Å². The molecule has 0 unspecified atom stereocenters. The lowest BCUT2D eigenvalue weighted by Crippen LogP contribution is -2.33. The molecule has 1 saturated carbocycles. The molecule has 2 aromatic rings. The molecule has 130 valence electrons. The predicted octanol–water partition coefficient (Wildman–Crippen LogP) is 4.71. The number of rotatable bonds is 4. The Morgan fingerprint density at radius 1 is 1.17 bits per heavy atom. The molecule has 0 saturated heterocycles. The summed E-state index contributed by atoms with van der Waals surface area (Å²) in [6.45, 7) is 1.92. The van der Waals surface area contributed by atoms with Gasteiger partial charge in [-0.15, -0.1) is 0 Å². The van der Waals surface area contributed by atoms with E-state index in [0.717, 1.165) is 18.4 Å². The third-order valence-electron chi connectivity index (χ3n) is 4.56. The van der Waals surface area contributed by atoms with Crippen LogP contribution in [0.15, 0.2) is 34.2 Å². The highest BCUT2D eigenvalue weighted by atomic mass is 35.5. The fourth-order valence-electron chi connectivity index (χ4n) is 3.05. The van der Waals surface area contributed by atoms with Gasteiger partial charge in [0.25, 0.3) is 0 Å². The van der Waals surface area contributed by atoms with Gasteiger partial charge >= 0.3 is 0 Å². The van der Waals surface area contributed by atoms with Gasteiger partial charge in [0.15, 0.2) is 10.2 Å². The second-order valence-corrected chi connectivity index (χ2v) is 9.74. The van der Waals surface area contributed by atoms with Crippen molar-refractivity contribution in [2.75, 3.05) is 11.9 Å². The van der Waals surface area contributed by atoms with E-state index in [4.69, 9.17) is 11.6 Å². The zero-order valence-corrected chi connectivity index (χ0v) is 16.2. The van der Waals surface area contributed by atoms with Crippen molar-refractivity contribution in [1.82, 2.24) is 4.98 Å². The Balaban J connectivity index is 1.92. The Morgan fingerprint density at radius 3 is 2.42 bits per heavy atom. The predicted molar refractivity (Wildman–Crippen MR) is 99.0 cm³/mol. The lowest BCUT2D eigenvalue weighted by molar-refractivity contribution is 0.427. The molecule has 1 aliphatic rings. The van der Waals surface area contributed by atoms with Gasteiger partial charge in [0, 0.05) is 13.1 Å². The van der Waals surface area contributed by atoms with Gasteiger partial charge in [-0.25, -0.2) is 13.4 Å². The smallest absolute Gasteiger partial charge is 0.226 e. The summed E-state index contributed by atoms with van der Waals surface area (Å²) < 4.78 is 25.9. The van der Waals surface area contributed by atoms with Crippen molar-refractivity contribution in [2.45, 2.75) is 55.0 Å². The first-order valence-corrected chi connectivity index (χ1v) is 10.8. The number of nitrogens with zero attached hydrogens (tertiary/aromatic N) is 2. The molecule has 7 heteroatoms. The van der Waals surface area contributed by atoms with Gasteiger partial charge in [0.2, 0.25) is 9.84 Å². The highest BCUT2D eigenvalue weighted by Crippen LogP contribution is 2.37. The molecule has 3 rings (SSSR count). The molecule has 0 atom stereocenters. The molecule has 1 heterocycles. The van der Waals surface area contributed by atoms with E-state index < -0.39 is 9.84 Å². The molecular formula is C17H21ClN2O2S2. The van der Waals surface area contributed by atoms with Crippen molar-refractivity contribution in [3.05, 3.63) is 34.2 Å². The number of aromatic nitrogens is 1. The summed E-state index contributed by atoms with van der Waals surface area (Å²) in [5.74, 6) is 0. The zero-order valence-electron chi connectivity index (χ0n) is 13.8. The Kier molecular flexibility index (Phi) is 5.18. The van der Waals surface area contributed by atoms with Crippen LogP contribution in [0.5, 0.6) is 0 Å². The molecule has 0 spiro atoms. The average Bonchev–Trinajstić information content (AvgIpc) is 2.98. The van der Waals surface area contributed by atoms with Crippen LogP contribution in [0.25, 0.3) is 0 Å². The standard InChI is InChI=1S/C17H21ClN2O2S2/c1-12-8-10-14(11-9-12)24(21,22)16-15(18)23-17(19-16)20(2)13-6-4-3-5-7-13/h8-11,13H,3-7H2,1-2H3. The maximum absolute atomic E-state index is 12.8. The van der Waals surface area contributed by atoms with Gasteiger partial charge in [0.1, 0.15) is 4.34 Å². The van der Waals surface area contributed by atoms with Crippen molar-refractivity contribution in [3.63, 3.8) is 0 Å². The quantitative estimate of drug-likeness (QED) is 0.766.